The number of hydrogen-bond acceptors (Lipinski definition) is 7. The number of nitrogens with zero attached hydrogens (tertiary/aromatic N) is 1. The third kappa shape index (κ3) is 4.89. The van der Waals surface area contributed by atoms with Crippen molar-refractivity contribution in [1.29, 1.82) is 0 Å². The summed E-state index contributed by atoms with van der Waals surface area (Å²) in [6.45, 7) is 3.23. The molecule has 0 aliphatic carbocycles. The number of halogens is 1. The number of carbonyl (C=O) groups is 2. The van der Waals surface area contributed by atoms with Crippen molar-refractivity contribution < 1.29 is 29.1 Å². The highest BCUT2D eigenvalue weighted by molar-refractivity contribution is 6.32. The highest BCUT2D eigenvalue weighted by atomic mass is 35.5. The normalized spacial score (nSPS) is 11.4. The van der Waals surface area contributed by atoms with Crippen molar-refractivity contribution in [1.82, 2.24) is 0 Å². The third-order valence-corrected chi connectivity index (χ3v) is 3.86. The second-order valence-electron chi connectivity index (χ2n) is 5.55. The molecule has 0 bridgehead atoms. The molecule has 0 aromatic heterocycles. The van der Waals surface area contributed by atoms with E-state index in [2.05, 4.69) is 5.32 Å². The molecule has 1 atom stereocenters. The maximum Gasteiger partial charge on any atom is 0.339 e. The van der Waals surface area contributed by atoms with E-state index in [1.54, 1.807) is 6.92 Å². The first kappa shape index (κ1) is 21.0. The molecule has 0 radical (unpaired) electrons. The van der Waals surface area contributed by atoms with Crippen molar-refractivity contribution in [2.45, 2.75) is 20.0 Å². The fourth-order valence-corrected chi connectivity index (χ4v) is 2.42. The quantitative estimate of drug-likeness (QED) is 0.407. The van der Waals surface area contributed by atoms with Crippen LogP contribution in [0, 0.1) is 10.1 Å². The van der Waals surface area contributed by atoms with Gasteiger partial charge in [0.1, 0.15) is 5.69 Å². The summed E-state index contributed by atoms with van der Waals surface area (Å²) in [6.07, 6.45) is -1.25. The number of aromatic hydroxyl groups is 1. The molecular formula is C18H17ClN2O7. The molecule has 0 saturated carbocycles. The molecule has 0 heterocycles. The average Bonchev–Trinajstić information content (AvgIpc) is 2.65. The van der Waals surface area contributed by atoms with Crippen LogP contribution in [-0.2, 0) is 9.53 Å². The molecule has 0 aliphatic rings. The van der Waals surface area contributed by atoms with Gasteiger partial charge in [0.25, 0.3) is 11.6 Å². The van der Waals surface area contributed by atoms with Gasteiger partial charge in [0.05, 0.1) is 22.1 Å². The van der Waals surface area contributed by atoms with Crippen molar-refractivity contribution in [3.8, 4) is 11.5 Å². The Balaban J connectivity index is 2.12. The monoisotopic (exact) mass is 408 g/mol. The van der Waals surface area contributed by atoms with E-state index in [1.807, 2.05) is 0 Å². The zero-order chi connectivity index (χ0) is 20.8. The van der Waals surface area contributed by atoms with Crippen LogP contribution in [0.25, 0.3) is 0 Å². The molecule has 10 heteroatoms. The molecule has 0 fully saturated rings. The number of rotatable bonds is 7. The van der Waals surface area contributed by atoms with Crippen molar-refractivity contribution in [3.05, 3.63) is 57.1 Å². The lowest BCUT2D eigenvalue weighted by Crippen LogP contribution is -2.30. The molecule has 2 aromatic rings. The van der Waals surface area contributed by atoms with Crippen LogP contribution in [0.3, 0.4) is 0 Å². The van der Waals surface area contributed by atoms with Gasteiger partial charge in [-0.2, -0.15) is 0 Å². The minimum absolute atomic E-state index is 0.000958. The predicted molar refractivity (Wildman–Crippen MR) is 101 cm³/mol. The number of nitro benzene ring substituents is 1. The van der Waals surface area contributed by atoms with Gasteiger partial charge < -0.3 is 19.9 Å². The van der Waals surface area contributed by atoms with E-state index in [-0.39, 0.29) is 40.1 Å². The van der Waals surface area contributed by atoms with E-state index in [0.717, 1.165) is 0 Å². The lowest BCUT2D eigenvalue weighted by atomic mass is 10.2. The number of benzene rings is 2. The summed E-state index contributed by atoms with van der Waals surface area (Å²) in [5.41, 5.74) is -0.343. The van der Waals surface area contributed by atoms with Gasteiger partial charge in [-0.3, -0.25) is 14.9 Å². The van der Waals surface area contributed by atoms with Gasteiger partial charge in [-0.15, -0.1) is 0 Å². The maximum absolute atomic E-state index is 12.3. The lowest BCUT2D eigenvalue weighted by Gasteiger charge is -2.15. The Kier molecular flexibility index (Phi) is 6.78. The highest BCUT2D eigenvalue weighted by Crippen LogP contribution is 2.35. The zero-order valence-electron chi connectivity index (χ0n) is 15.0. The minimum atomic E-state index is -1.25. The van der Waals surface area contributed by atoms with Gasteiger partial charge in [-0.25, -0.2) is 4.79 Å². The Morgan fingerprint density at radius 3 is 2.64 bits per heavy atom. The summed E-state index contributed by atoms with van der Waals surface area (Å²) in [5.74, 6) is -1.95. The van der Waals surface area contributed by atoms with E-state index in [4.69, 9.17) is 21.1 Å². The third-order valence-electron chi connectivity index (χ3n) is 3.58. The summed E-state index contributed by atoms with van der Waals surface area (Å²) in [7, 11) is 0. The van der Waals surface area contributed by atoms with Crippen LogP contribution in [0.4, 0.5) is 11.4 Å². The van der Waals surface area contributed by atoms with Gasteiger partial charge in [0, 0.05) is 6.07 Å². The summed E-state index contributed by atoms with van der Waals surface area (Å²) in [5, 5.41) is 23.1. The van der Waals surface area contributed by atoms with Crippen LogP contribution < -0.4 is 10.1 Å². The number of hydrogen-bond donors (Lipinski definition) is 2. The Labute approximate surface area is 165 Å². The van der Waals surface area contributed by atoms with Gasteiger partial charge in [-0.1, -0.05) is 23.7 Å². The first-order valence-electron chi connectivity index (χ1n) is 8.15. The van der Waals surface area contributed by atoms with Crippen LogP contribution in [0.1, 0.15) is 24.2 Å². The van der Waals surface area contributed by atoms with Crippen LogP contribution in [-0.4, -0.2) is 34.6 Å². The number of esters is 1. The summed E-state index contributed by atoms with van der Waals surface area (Å²) < 4.78 is 10.3. The number of phenolic OH excluding ortho intramolecular Hbond substituents is 1. The van der Waals surface area contributed by atoms with Crippen LogP contribution in [0.2, 0.25) is 5.02 Å². The number of amides is 1. The smallest absolute Gasteiger partial charge is 0.339 e. The standard InChI is InChI=1S/C18H17ClN2O7/c1-3-27-15-9-11(8-12(19)16(15)22)18(24)28-10(2)17(23)20-13-6-4-5-7-14(13)21(25)26/h4-10,22H,3H2,1-2H3,(H,20,23)/t10-/m0/s1. The first-order chi connectivity index (χ1) is 13.2. The molecule has 0 unspecified atom stereocenters. The van der Waals surface area contributed by atoms with E-state index in [0.29, 0.717) is 0 Å². The molecule has 2 N–H and O–H groups in total. The van der Waals surface area contributed by atoms with Gasteiger partial charge >= 0.3 is 5.97 Å². The number of anilines is 1. The molecule has 1 amide bonds. The van der Waals surface area contributed by atoms with Crippen molar-refractivity contribution in [2.75, 3.05) is 11.9 Å². The summed E-state index contributed by atoms with van der Waals surface area (Å²) in [6, 6.07) is 7.99. The maximum atomic E-state index is 12.3. The number of nitro groups is 1. The fraction of sp³-hybridized carbons (Fsp3) is 0.222. The topological polar surface area (TPSA) is 128 Å². The van der Waals surface area contributed by atoms with Crippen LogP contribution >= 0.6 is 11.6 Å². The first-order valence-corrected chi connectivity index (χ1v) is 8.53. The molecule has 2 aromatic carbocycles. The van der Waals surface area contributed by atoms with Gasteiger partial charge in [0.2, 0.25) is 0 Å². The second-order valence-corrected chi connectivity index (χ2v) is 5.96. The molecule has 9 nitrogen and oxygen atoms in total. The Morgan fingerprint density at radius 2 is 2.00 bits per heavy atom. The number of para-hydroxylation sites is 2. The molecule has 148 valence electrons. The van der Waals surface area contributed by atoms with E-state index < -0.39 is 22.9 Å². The predicted octanol–water partition coefficient (Wildman–Crippen LogP) is 3.54. The van der Waals surface area contributed by atoms with Crippen LogP contribution in [0.5, 0.6) is 11.5 Å². The average molecular weight is 409 g/mol. The van der Waals surface area contributed by atoms with E-state index in [9.17, 15) is 24.8 Å². The number of ether oxygens (including phenoxy) is 2. The molecule has 0 spiro atoms. The van der Waals surface area contributed by atoms with Gasteiger partial charge in [-0.05, 0) is 32.0 Å². The fourth-order valence-electron chi connectivity index (χ4n) is 2.21. The summed E-state index contributed by atoms with van der Waals surface area (Å²) >= 11 is 5.87. The molecule has 2 rings (SSSR count). The van der Waals surface area contributed by atoms with Crippen molar-refractivity contribution >= 4 is 34.9 Å². The minimum Gasteiger partial charge on any atom is -0.503 e. The number of nitrogens with one attached hydrogen (secondary N) is 1. The Bertz CT molecular complexity index is 917. The number of carbonyl (C=O) groups excluding carboxylic acids is 2. The van der Waals surface area contributed by atoms with Crippen molar-refractivity contribution in [3.63, 3.8) is 0 Å². The van der Waals surface area contributed by atoms with E-state index in [1.165, 1.54) is 43.3 Å². The summed E-state index contributed by atoms with van der Waals surface area (Å²) in [4.78, 5) is 34.9. The van der Waals surface area contributed by atoms with Crippen LogP contribution in [0.15, 0.2) is 36.4 Å². The largest absolute Gasteiger partial charge is 0.503 e. The lowest BCUT2D eigenvalue weighted by molar-refractivity contribution is -0.383. The second kappa shape index (κ2) is 9.05. The molecule has 0 aliphatic heterocycles. The SMILES string of the molecule is CCOc1cc(C(=O)O[C@@H](C)C(=O)Nc2ccccc2[N+](=O)[O-])cc(Cl)c1O. The number of phenols is 1. The molecular weight excluding hydrogens is 392 g/mol. The Morgan fingerprint density at radius 1 is 1.32 bits per heavy atom. The zero-order valence-corrected chi connectivity index (χ0v) is 15.7. The molecule has 28 heavy (non-hydrogen) atoms. The Hall–Kier alpha value is -3.33. The molecule has 0 saturated heterocycles. The van der Waals surface area contributed by atoms with Gasteiger partial charge in [0.15, 0.2) is 17.6 Å². The highest BCUT2D eigenvalue weighted by Gasteiger charge is 2.23. The van der Waals surface area contributed by atoms with Crippen molar-refractivity contribution in [2.24, 2.45) is 0 Å². The van der Waals surface area contributed by atoms with E-state index >= 15 is 0 Å².